The minimum Gasteiger partial charge on any atom is -0.207 e. The summed E-state index contributed by atoms with van der Waals surface area (Å²) in [5, 5.41) is 0. The van der Waals surface area contributed by atoms with Crippen LogP contribution in [-0.4, -0.2) is 0 Å². The van der Waals surface area contributed by atoms with Gasteiger partial charge in [0.1, 0.15) is 5.82 Å². The third kappa shape index (κ3) is 9.01. The highest BCUT2D eigenvalue weighted by molar-refractivity contribution is 5.61. The summed E-state index contributed by atoms with van der Waals surface area (Å²) in [5.74, 6) is -0.169. The molecule has 0 aliphatic heterocycles. The molecule has 1 heteroatoms. The van der Waals surface area contributed by atoms with Crippen LogP contribution in [0.5, 0.6) is 0 Å². The molecule has 0 nitrogen and oxygen atoms in total. The van der Waals surface area contributed by atoms with Gasteiger partial charge in [-0.25, -0.2) is 4.39 Å². The second kappa shape index (κ2) is 11.1. The van der Waals surface area contributed by atoms with Crippen LogP contribution >= 0.6 is 0 Å². The molecule has 27 heavy (non-hydrogen) atoms. The minimum absolute atomic E-state index is 0.169. The van der Waals surface area contributed by atoms with Crippen molar-refractivity contribution in [3.8, 4) is 0 Å². The Balaban J connectivity index is 0.000000377. The standard InChI is InChI=1S/C18H21F.C8H10/c1-13(2)7-6-8-15(5)11-17-10-9-16(14(3)4)12-18(17)19;1-7-3-5-8(2)6-4-7/h6-10,12H,1,3,11H2,2,4-5H3;3-6H,1-2H3/b7-6-,15-8?;. The maximum atomic E-state index is 13.9. The molecule has 2 rings (SSSR count). The first-order valence-corrected chi connectivity index (χ1v) is 9.16. The van der Waals surface area contributed by atoms with Crippen molar-refractivity contribution in [2.75, 3.05) is 0 Å². The van der Waals surface area contributed by atoms with E-state index in [4.69, 9.17) is 0 Å². The van der Waals surface area contributed by atoms with Crippen molar-refractivity contribution in [2.24, 2.45) is 0 Å². The van der Waals surface area contributed by atoms with E-state index < -0.39 is 0 Å². The molecule has 0 N–H and O–H groups in total. The number of hydrogen-bond donors (Lipinski definition) is 0. The Morgan fingerprint density at radius 1 is 0.926 bits per heavy atom. The van der Waals surface area contributed by atoms with Crippen LogP contribution in [0, 0.1) is 19.7 Å². The van der Waals surface area contributed by atoms with E-state index in [1.54, 1.807) is 6.07 Å². The molecule has 0 saturated heterocycles. The molecule has 0 aliphatic carbocycles. The number of halogens is 1. The predicted octanol–water partition coefficient (Wildman–Crippen LogP) is 7.78. The number of benzene rings is 2. The van der Waals surface area contributed by atoms with Crippen molar-refractivity contribution in [2.45, 2.75) is 41.0 Å². The second-order valence-corrected chi connectivity index (χ2v) is 7.14. The van der Waals surface area contributed by atoms with Gasteiger partial charge in [-0.05, 0) is 58.2 Å². The highest BCUT2D eigenvalue weighted by Gasteiger charge is 2.04. The Morgan fingerprint density at radius 2 is 1.48 bits per heavy atom. The molecule has 2 aromatic rings. The smallest absolute Gasteiger partial charge is 0.127 e. The van der Waals surface area contributed by atoms with E-state index in [9.17, 15) is 4.39 Å². The molecule has 0 aliphatic rings. The normalized spacial score (nSPS) is 11.1. The quantitative estimate of drug-likeness (QED) is 0.476. The lowest BCUT2D eigenvalue weighted by Crippen LogP contribution is -1.93. The fourth-order valence-corrected chi connectivity index (χ4v) is 2.33. The van der Waals surface area contributed by atoms with Gasteiger partial charge in [0.05, 0.1) is 0 Å². The van der Waals surface area contributed by atoms with Crippen LogP contribution in [0.15, 0.2) is 85.0 Å². The summed E-state index contributed by atoms with van der Waals surface area (Å²) in [6, 6.07) is 13.8. The van der Waals surface area contributed by atoms with Crippen molar-refractivity contribution in [1.82, 2.24) is 0 Å². The van der Waals surface area contributed by atoms with Gasteiger partial charge < -0.3 is 0 Å². The van der Waals surface area contributed by atoms with Crippen molar-refractivity contribution < 1.29 is 4.39 Å². The third-order valence-electron chi connectivity index (χ3n) is 3.99. The molecule has 0 spiro atoms. The molecule has 0 fully saturated rings. The third-order valence-corrected chi connectivity index (χ3v) is 3.99. The van der Waals surface area contributed by atoms with Gasteiger partial charge in [0, 0.05) is 0 Å². The van der Waals surface area contributed by atoms with E-state index in [2.05, 4.69) is 51.3 Å². The zero-order valence-electron chi connectivity index (χ0n) is 17.3. The largest absolute Gasteiger partial charge is 0.207 e. The Morgan fingerprint density at radius 3 is 1.93 bits per heavy atom. The summed E-state index contributed by atoms with van der Waals surface area (Å²) >= 11 is 0. The van der Waals surface area contributed by atoms with Crippen LogP contribution in [-0.2, 0) is 6.42 Å². The molecule has 142 valence electrons. The minimum atomic E-state index is -0.169. The van der Waals surface area contributed by atoms with Crippen LogP contribution in [0.25, 0.3) is 5.57 Å². The van der Waals surface area contributed by atoms with Crippen molar-refractivity contribution in [3.63, 3.8) is 0 Å². The first kappa shape index (κ1) is 22.4. The van der Waals surface area contributed by atoms with Gasteiger partial charge >= 0.3 is 0 Å². The molecule has 0 radical (unpaired) electrons. The van der Waals surface area contributed by atoms with E-state index in [0.717, 1.165) is 22.3 Å². The van der Waals surface area contributed by atoms with E-state index in [1.165, 1.54) is 11.1 Å². The molecule has 0 aromatic heterocycles. The summed E-state index contributed by atoms with van der Waals surface area (Å²) in [4.78, 5) is 0. The Labute approximate surface area is 164 Å². The Kier molecular flexibility index (Phi) is 9.22. The van der Waals surface area contributed by atoms with E-state index in [-0.39, 0.29) is 5.82 Å². The number of aryl methyl sites for hydroxylation is 2. The highest BCUT2D eigenvalue weighted by Crippen LogP contribution is 2.18. The molecule has 0 amide bonds. The fourth-order valence-electron chi connectivity index (χ4n) is 2.33. The fraction of sp³-hybridized carbons (Fsp3) is 0.231. The van der Waals surface area contributed by atoms with Crippen LogP contribution in [0.2, 0.25) is 0 Å². The lowest BCUT2D eigenvalue weighted by Gasteiger charge is -2.06. The maximum absolute atomic E-state index is 13.9. The van der Waals surface area contributed by atoms with Gasteiger partial charge in [-0.2, -0.15) is 0 Å². The topological polar surface area (TPSA) is 0 Å². The Hall–Kier alpha value is -2.67. The van der Waals surface area contributed by atoms with E-state index in [1.807, 2.05) is 51.1 Å². The van der Waals surface area contributed by atoms with Crippen molar-refractivity contribution in [1.29, 1.82) is 0 Å². The molecular weight excluding hydrogens is 331 g/mol. The first-order valence-electron chi connectivity index (χ1n) is 9.16. The molecule has 2 aromatic carbocycles. The average Bonchev–Trinajstić information content (AvgIpc) is 2.59. The van der Waals surface area contributed by atoms with Crippen molar-refractivity contribution >= 4 is 5.57 Å². The lowest BCUT2D eigenvalue weighted by atomic mass is 10.0. The number of allylic oxidation sites excluding steroid dienone is 6. The monoisotopic (exact) mass is 362 g/mol. The molecule has 0 bridgehead atoms. The van der Waals surface area contributed by atoms with E-state index in [0.29, 0.717) is 12.0 Å². The summed E-state index contributed by atoms with van der Waals surface area (Å²) in [5.41, 5.74) is 7.21. The van der Waals surface area contributed by atoms with Crippen LogP contribution in [0.1, 0.15) is 43.0 Å². The summed E-state index contributed by atoms with van der Waals surface area (Å²) < 4.78 is 13.9. The summed E-state index contributed by atoms with van der Waals surface area (Å²) in [6.07, 6.45) is 6.48. The van der Waals surface area contributed by atoms with Gasteiger partial charge in [0.25, 0.3) is 0 Å². The second-order valence-electron chi connectivity index (χ2n) is 7.14. The molecular formula is C26H31F. The molecule has 0 unspecified atom stereocenters. The van der Waals surface area contributed by atoms with Gasteiger partial charge in [-0.15, -0.1) is 0 Å². The average molecular weight is 363 g/mol. The van der Waals surface area contributed by atoms with E-state index >= 15 is 0 Å². The highest BCUT2D eigenvalue weighted by atomic mass is 19.1. The maximum Gasteiger partial charge on any atom is 0.127 e. The lowest BCUT2D eigenvalue weighted by molar-refractivity contribution is 0.613. The first-order chi connectivity index (χ1) is 12.7. The van der Waals surface area contributed by atoms with Crippen molar-refractivity contribution in [3.05, 3.63) is 113 Å². The van der Waals surface area contributed by atoms with Gasteiger partial charge in [0.15, 0.2) is 0 Å². The van der Waals surface area contributed by atoms with Crippen LogP contribution in [0.4, 0.5) is 4.39 Å². The van der Waals surface area contributed by atoms with Crippen LogP contribution in [0.3, 0.4) is 0 Å². The SMILES string of the molecule is C=C(C)/C=C\C=C(C)Cc1ccc(C(=C)C)cc1F.Cc1ccc(C)cc1. The zero-order valence-corrected chi connectivity index (χ0v) is 17.3. The molecule has 0 saturated carbocycles. The zero-order chi connectivity index (χ0) is 20.4. The number of rotatable bonds is 5. The Bertz CT molecular complexity index is 812. The predicted molar refractivity (Wildman–Crippen MR) is 118 cm³/mol. The molecule has 0 heterocycles. The van der Waals surface area contributed by atoms with Crippen LogP contribution < -0.4 is 0 Å². The number of hydrogen-bond acceptors (Lipinski definition) is 0. The summed E-state index contributed by atoms with van der Waals surface area (Å²) in [7, 11) is 0. The molecule has 0 atom stereocenters. The summed E-state index contributed by atoms with van der Waals surface area (Å²) in [6.45, 7) is 17.6. The van der Waals surface area contributed by atoms with Gasteiger partial charge in [0.2, 0.25) is 0 Å². The van der Waals surface area contributed by atoms with Gasteiger partial charge in [-0.1, -0.05) is 95.6 Å². The van der Waals surface area contributed by atoms with Gasteiger partial charge in [-0.3, -0.25) is 0 Å².